The molecular weight excluding hydrogens is 198 g/mol. The highest BCUT2D eigenvalue weighted by Gasteiger charge is 2.40. The summed E-state index contributed by atoms with van der Waals surface area (Å²) in [6.07, 6.45) is 2.07. The lowest BCUT2D eigenvalue weighted by molar-refractivity contribution is 0.585. The molecule has 0 unspecified atom stereocenters. The maximum Gasteiger partial charge on any atom is 0.396 e. The maximum atomic E-state index is 11.0. The molecule has 4 heteroatoms. The molecule has 3 nitrogen and oxygen atoms in total. The van der Waals surface area contributed by atoms with E-state index in [1.165, 1.54) is 0 Å². The molecule has 0 aliphatic heterocycles. The molecule has 1 aliphatic rings. The Bertz CT molecular complexity index is 550. The van der Waals surface area contributed by atoms with Gasteiger partial charge in [0.15, 0.2) is 0 Å². The Hall–Kier alpha value is -1.13. The Kier molecular flexibility index (Phi) is 1.44. The van der Waals surface area contributed by atoms with Gasteiger partial charge < -0.3 is 10.2 Å². The van der Waals surface area contributed by atoms with Crippen molar-refractivity contribution in [3.63, 3.8) is 0 Å². The summed E-state index contributed by atoms with van der Waals surface area (Å²) in [7, 11) is 0. The summed E-state index contributed by atoms with van der Waals surface area (Å²) in [5, 5.41) is 0. The lowest BCUT2D eigenvalue weighted by Crippen LogP contribution is -2.18. The monoisotopic (exact) mass is 207 g/mol. The van der Waals surface area contributed by atoms with Crippen LogP contribution in [-0.4, -0.2) is 0 Å². The highest BCUT2D eigenvalue weighted by Crippen LogP contribution is 2.43. The third-order valence-corrected chi connectivity index (χ3v) is 3.48. The van der Waals surface area contributed by atoms with Gasteiger partial charge in [-0.25, -0.2) is 4.79 Å². The molecule has 1 aromatic heterocycles. The van der Waals surface area contributed by atoms with Gasteiger partial charge in [-0.3, -0.25) is 0 Å². The quantitative estimate of drug-likeness (QED) is 0.775. The second-order valence-corrected chi connectivity index (χ2v) is 4.75. The highest BCUT2D eigenvalue weighted by molar-refractivity contribution is 7.16. The summed E-state index contributed by atoms with van der Waals surface area (Å²) in [6, 6.07) is 5.75. The third-order valence-electron chi connectivity index (χ3n) is 2.69. The number of rotatable bonds is 1. The van der Waals surface area contributed by atoms with Gasteiger partial charge in [0.2, 0.25) is 0 Å². The molecule has 1 fully saturated rings. The Labute approximate surface area is 84.1 Å². The molecule has 0 radical (unpaired) electrons. The zero-order valence-corrected chi connectivity index (χ0v) is 8.26. The Morgan fingerprint density at radius 1 is 1.43 bits per heavy atom. The van der Waals surface area contributed by atoms with E-state index in [0.717, 1.165) is 34.4 Å². The van der Waals surface area contributed by atoms with Crippen LogP contribution in [0, 0.1) is 0 Å². The van der Waals surface area contributed by atoms with Gasteiger partial charge in [-0.2, -0.15) is 0 Å². The average Bonchev–Trinajstić information content (AvgIpc) is 2.79. The molecule has 1 heterocycles. The first kappa shape index (κ1) is 8.20. The number of nitrogens with two attached hydrogens (primary N) is 1. The summed E-state index contributed by atoms with van der Waals surface area (Å²) >= 11 is 1.13. The van der Waals surface area contributed by atoms with Gasteiger partial charge in [-0.1, -0.05) is 17.4 Å². The van der Waals surface area contributed by atoms with Crippen LogP contribution >= 0.6 is 11.3 Å². The summed E-state index contributed by atoms with van der Waals surface area (Å²) in [6.45, 7) is 0. The van der Waals surface area contributed by atoms with Gasteiger partial charge in [0, 0.05) is 5.54 Å². The van der Waals surface area contributed by atoms with E-state index in [1.807, 2.05) is 18.2 Å². The van der Waals surface area contributed by atoms with Gasteiger partial charge in [0.25, 0.3) is 0 Å². The molecule has 1 aromatic carbocycles. The van der Waals surface area contributed by atoms with Crippen LogP contribution in [-0.2, 0) is 5.54 Å². The van der Waals surface area contributed by atoms with Crippen molar-refractivity contribution in [3.05, 3.63) is 33.5 Å². The summed E-state index contributed by atoms with van der Waals surface area (Å²) < 4.78 is 5.87. The molecule has 72 valence electrons. The lowest BCUT2D eigenvalue weighted by atomic mass is 10.1. The van der Waals surface area contributed by atoms with Crippen molar-refractivity contribution in [3.8, 4) is 0 Å². The Balaban J connectivity index is 2.24. The average molecular weight is 207 g/mol. The first-order chi connectivity index (χ1) is 6.67. The molecule has 1 saturated carbocycles. The van der Waals surface area contributed by atoms with Crippen LogP contribution in [0.3, 0.4) is 0 Å². The maximum absolute atomic E-state index is 11.0. The number of hydrogen-bond acceptors (Lipinski definition) is 4. The van der Waals surface area contributed by atoms with Crippen molar-refractivity contribution in [1.82, 2.24) is 0 Å². The van der Waals surface area contributed by atoms with E-state index in [9.17, 15) is 4.79 Å². The lowest BCUT2D eigenvalue weighted by Gasteiger charge is -2.07. The van der Waals surface area contributed by atoms with Crippen molar-refractivity contribution in [2.45, 2.75) is 18.4 Å². The fourth-order valence-corrected chi connectivity index (χ4v) is 2.31. The molecule has 0 bridgehead atoms. The minimum atomic E-state index is -0.251. The van der Waals surface area contributed by atoms with E-state index in [2.05, 4.69) is 0 Å². The summed E-state index contributed by atoms with van der Waals surface area (Å²) in [5.41, 5.74) is 7.70. The van der Waals surface area contributed by atoms with E-state index in [-0.39, 0.29) is 10.5 Å². The first-order valence-corrected chi connectivity index (χ1v) is 5.32. The summed E-state index contributed by atoms with van der Waals surface area (Å²) in [5.74, 6) is 0. The van der Waals surface area contributed by atoms with Gasteiger partial charge in [0.1, 0.15) is 5.58 Å². The minimum absolute atomic E-state index is 0.138. The smallest absolute Gasteiger partial charge is 0.396 e. The Morgan fingerprint density at radius 2 is 2.21 bits per heavy atom. The fraction of sp³-hybridized carbons (Fsp3) is 0.300. The molecule has 2 N–H and O–H groups in total. The normalized spacial score (nSPS) is 18.6. The molecule has 14 heavy (non-hydrogen) atoms. The van der Waals surface area contributed by atoms with Crippen LogP contribution in [0.2, 0.25) is 0 Å². The largest absolute Gasteiger partial charge is 0.414 e. The predicted octanol–water partition coefficient (Wildman–Crippen LogP) is 1.80. The number of hydrogen-bond donors (Lipinski definition) is 1. The third kappa shape index (κ3) is 1.11. The predicted molar refractivity (Wildman–Crippen MR) is 55.5 cm³/mol. The van der Waals surface area contributed by atoms with Crippen LogP contribution in [0.1, 0.15) is 18.4 Å². The van der Waals surface area contributed by atoms with Crippen molar-refractivity contribution >= 4 is 21.6 Å². The zero-order chi connectivity index (χ0) is 9.76. The molecule has 0 amide bonds. The van der Waals surface area contributed by atoms with E-state index < -0.39 is 0 Å². The zero-order valence-electron chi connectivity index (χ0n) is 7.45. The van der Waals surface area contributed by atoms with Crippen molar-refractivity contribution < 1.29 is 4.42 Å². The molecule has 0 atom stereocenters. The van der Waals surface area contributed by atoms with Gasteiger partial charge >= 0.3 is 4.94 Å². The van der Waals surface area contributed by atoms with Gasteiger partial charge in [-0.05, 0) is 30.5 Å². The Morgan fingerprint density at radius 3 is 2.93 bits per heavy atom. The van der Waals surface area contributed by atoms with Crippen molar-refractivity contribution in [2.75, 3.05) is 0 Å². The van der Waals surface area contributed by atoms with Crippen LogP contribution in [0.5, 0.6) is 0 Å². The highest BCUT2D eigenvalue weighted by atomic mass is 32.1. The molecule has 1 aliphatic carbocycles. The molecule has 0 spiro atoms. The number of benzene rings is 1. The number of fused-ring (bicyclic) bond motifs is 1. The molecule has 2 aromatic rings. The minimum Gasteiger partial charge on any atom is -0.414 e. The first-order valence-electron chi connectivity index (χ1n) is 4.50. The van der Waals surface area contributed by atoms with Crippen LogP contribution in [0.15, 0.2) is 27.4 Å². The van der Waals surface area contributed by atoms with E-state index in [1.54, 1.807) is 0 Å². The van der Waals surface area contributed by atoms with Crippen LogP contribution in [0.25, 0.3) is 10.3 Å². The van der Waals surface area contributed by atoms with E-state index >= 15 is 0 Å². The van der Waals surface area contributed by atoms with Crippen molar-refractivity contribution in [2.24, 2.45) is 5.73 Å². The summed E-state index contributed by atoms with van der Waals surface area (Å²) in [4.78, 5) is 10.7. The van der Waals surface area contributed by atoms with Crippen molar-refractivity contribution in [1.29, 1.82) is 0 Å². The van der Waals surface area contributed by atoms with E-state index in [4.69, 9.17) is 10.2 Å². The SMILES string of the molecule is NC1(c2ccc3oc(=O)sc3c2)CC1. The molecular formula is C10H9NO2S. The standard InChI is InChI=1S/C10H9NO2S/c11-10(3-4-10)6-1-2-7-8(5-6)14-9(12)13-7/h1-2,5H,3-4,11H2. The molecule has 0 saturated heterocycles. The van der Waals surface area contributed by atoms with E-state index in [0.29, 0.717) is 5.58 Å². The van der Waals surface area contributed by atoms with Gasteiger partial charge in [0.05, 0.1) is 4.70 Å². The van der Waals surface area contributed by atoms with Crippen LogP contribution < -0.4 is 10.7 Å². The second-order valence-electron chi connectivity index (χ2n) is 3.77. The fourth-order valence-electron chi connectivity index (χ4n) is 1.61. The topological polar surface area (TPSA) is 56.2 Å². The molecule has 3 rings (SSSR count). The van der Waals surface area contributed by atoms with Gasteiger partial charge in [-0.15, -0.1) is 0 Å². The second kappa shape index (κ2) is 2.46. The van der Waals surface area contributed by atoms with Crippen LogP contribution in [0.4, 0.5) is 0 Å².